The first kappa shape index (κ1) is 10.1. The van der Waals surface area contributed by atoms with E-state index in [4.69, 9.17) is 11.0 Å². The molecular formula is C11H18N2. The third kappa shape index (κ3) is 1.85. The predicted molar refractivity (Wildman–Crippen MR) is 53.5 cm³/mol. The van der Waals surface area contributed by atoms with E-state index in [0.717, 1.165) is 17.5 Å². The highest BCUT2D eigenvalue weighted by Crippen LogP contribution is 2.47. The molecule has 0 heterocycles. The molecule has 2 nitrogen and oxygen atoms in total. The minimum atomic E-state index is -0.512. The zero-order chi connectivity index (χ0) is 10.2. The number of rotatable bonds is 2. The number of hydrogen-bond acceptors (Lipinski definition) is 2. The number of nitrogens with two attached hydrogens (primary N) is 1. The molecule has 1 fully saturated rings. The Labute approximate surface area is 80.4 Å². The second kappa shape index (κ2) is 3.06. The van der Waals surface area contributed by atoms with Crippen LogP contribution in [0.1, 0.15) is 27.7 Å². The van der Waals surface area contributed by atoms with Crippen molar-refractivity contribution in [1.29, 1.82) is 5.26 Å². The molecule has 2 unspecified atom stereocenters. The molecule has 3 atom stereocenters. The maximum absolute atomic E-state index is 8.86. The molecule has 1 aliphatic carbocycles. The van der Waals surface area contributed by atoms with Gasteiger partial charge in [-0.25, -0.2) is 0 Å². The summed E-state index contributed by atoms with van der Waals surface area (Å²) < 4.78 is 0. The molecule has 1 aliphatic rings. The van der Waals surface area contributed by atoms with Crippen LogP contribution in [0.5, 0.6) is 0 Å². The van der Waals surface area contributed by atoms with Crippen LogP contribution in [0.3, 0.4) is 0 Å². The summed E-state index contributed by atoms with van der Waals surface area (Å²) in [6, 6.07) is 2.21. The summed E-state index contributed by atoms with van der Waals surface area (Å²) in [5.74, 6) is 2.05. The van der Waals surface area contributed by atoms with Gasteiger partial charge in [-0.3, -0.25) is 0 Å². The van der Waals surface area contributed by atoms with E-state index >= 15 is 0 Å². The summed E-state index contributed by atoms with van der Waals surface area (Å²) in [6.07, 6.45) is 2.07. The Hall–Kier alpha value is -0.970. The van der Waals surface area contributed by atoms with Gasteiger partial charge in [0, 0.05) is 5.70 Å². The van der Waals surface area contributed by atoms with E-state index in [2.05, 4.69) is 26.0 Å². The highest BCUT2D eigenvalue weighted by atomic mass is 14.6. The van der Waals surface area contributed by atoms with Crippen LogP contribution in [0.2, 0.25) is 0 Å². The van der Waals surface area contributed by atoms with Crippen molar-refractivity contribution in [2.45, 2.75) is 27.7 Å². The van der Waals surface area contributed by atoms with Crippen molar-refractivity contribution in [3.05, 3.63) is 11.8 Å². The summed E-state index contributed by atoms with van der Waals surface area (Å²) >= 11 is 0. The van der Waals surface area contributed by atoms with E-state index in [9.17, 15) is 0 Å². The van der Waals surface area contributed by atoms with E-state index in [1.807, 2.05) is 13.8 Å². The molecule has 0 spiro atoms. The zero-order valence-corrected chi connectivity index (χ0v) is 8.83. The van der Waals surface area contributed by atoms with Crippen LogP contribution < -0.4 is 5.73 Å². The summed E-state index contributed by atoms with van der Waals surface area (Å²) in [4.78, 5) is 0. The van der Waals surface area contributed by atoms with Gasteiger partial charge < -0.3 is 5.73 Å². The van der Waals surface area contributed by atoms with Crippen LogP contribution in [0, 0.1) is 34.5 Å². The lowest BCUT2D eigenvalue weighted by Gasteiger charge is -2.15. The zero-order valence-electron chi connectivity index (χ0n) is 8.83. The Bertz CT molecular complexity index is 262. The molecule has 0 bridgehead atoms. The maximum atomic E-state index is 8.86. The third-order valence-corrected chi connectivity index (χ3v) is 3.28. The van der Waals surface area contributed by atoms with Crippen LogP contribution in [0.4, 0.5) is 0 Å². The number of nitriles is 1. The maximum Gasteiger partial charge on any atom is 0.0906 e. The Kier molecular flexibility index (Phi) is 2.38. The van der Waals surface area contributed by atoms with E-state index in [1.165, 1.54) is 0 Å². The Morgan fingerprint density at radius 1 is 1.38 bits per heavy atom. The fourth-order valence-electron chi connectivity index (χ4n) is 1.48. The van der Waals surface area contributed by atoms with Gasteiger partial charge in [-0.05, 0) is 31.6 Å². The van der Waals surface area contributed by atoms with Crippen molar-refractivity contribution < 1.29 is 0 Å². The topological polar surface area (TPSA) is 49.8 Å². The van der Waals surface area contributed by atoms with Crippen molar-refractivity contribution in [3.8, 4) is 6.07 Å². The normalized spacial score (nSPS) is 34.1. The lowest BCUT2D eigenvalue weighted by Crippen LogP contribution is -2.19. The molecule has 0 aromatic rings. The minimum absolute atomic E-state index is 0.512. The first-order valence-corrected chi connectivity index (χ1v) is 4.79. The van der Waals surface area contributed by atoms with Crippen LogP contribution in [0.25, 0.3) is 0 Å². The minimum Gasteiger partial charge on any atom is -0.401 e. The van der Waals surface area contributed by atoms with E-state index < -0.39 is 5.41 Å². The smallest absolute Gasteiger partial charge is 0.0906 e. The van der Waals surface area contributed by atoms with E-state index in [0.29, 0.717) is 5.92 Å². The predicted octanol–water partition coefficient (Wildman–Crippen LogP) is 2.28. The van der Waals surface area contributed by atoms with Crippen molar-refractivity contribution in [3.63, 3.8) is 0 Å². The van der Waals surface area contributed by atoms with E-state index in [1.54, 1.807) is 0 Å². The first-order chi connectivity index (χ1) is 5.90. The van der Waals surface area contributed by atoms with Crippen LogP contribution in [0.15, 0.2) is 11.8 Å². The van der Waals surface area contributed by atoms with Gasteiger partial charge in [0.05, 0.1) is 11.5 Å². The molecule has 0 aromatic carbocycles. The van der Waals surface area contributed by atoms with Crippen LogP contribution >= 0.6 is 0 Å². The molecule has 72 valence electrons. The van der Waals surface area contributed by atoms with Gasteiger partial charge >= 0.3 is 0 Å². The quantitative estimate of drug-likeness (QED) is 0.705. The van der Waals surface area contributed by atoms with Crippen molar-refractivity contribution >= 4 is 0 Å². The fraction of sp³-hybridized carbons (Fsp3) is 0.727. The molecular weight excluding hydrogens is 160 g/mol. The van der Waals surface area contributed by atoms with Crippen LogP contribution in [-0.2, 0) is 0 Å². The molecule has 0 amide bonds. The van der Waals surface area contributed by atoms with Gasteiger partial charge in [0.15, 0.2) is 0 Å². The number of nitrogens with zero attached hydrogens (tertiary/aromatic N) is 1. The lowest BCUT2D eigenvalue weighted by atomic mass is 9.90. The van der Waals surface area contributed by atoms with Crippen molar-refractivity contribution in [1.82, 2.24) is 0 Å². The lowest BCUT2D eigenvalue weighted by molar-refractivity contribution is 0.581. The highest BCUT2D eigenvalue weighted by molar-refractivity contribution is 5.21. The summed E-state index contributed by atoms with van der Waals surface area (Å²) in [7, 11) is 0. The second-order valence-electron chi connectivity index (χ2n) is 4.65. The Balaban J connectivity index is 2.69. The first-order valence-electron chi connectivity index (χ1n) is 4.79. The van der Waals surface area contributed by atoms with Gasteiger partial charge in [0.2, 0.25) is 0 Å². The van der Waals surface area contributed by atoms with Gasteiger partial charge in [-0.1, -0.05) is 19.9 Å². The molecule has 0 aromatic heterocycles. The Morgan fingerprint density at radius 3 is 2.15 bits per heavy atom. The molecule has 0 saturated heterocycles. The largest absolute Gasteiger partial charge is 0.401 e. The summed E-state index contributed by atoms with van der Waals surface area (Å²) in [5.41, 5.74) is 6.07. The molecule has 2 heteroatoms. The van der Waals surface area contributed by atoms with Gasteiger partial charge in [-0.15, -0.1) is 0 Å². The molecule has 13 heavy (non-hydrogen) atoms. The SMILES string of the molecule is CC1C(/C=C(\N)C(C)(C)C#N)[C@@H]1C. The molecule has 2 N–H and O–H groups in total. The molecule has 1 rings (SSSR count). The standard InChI is InChI=1S/C11H18N2/c1-7-8(2)9(7)5-10(13)11(3,4)6-12/h5,7-9H,13H2,1-4H3/b10-5-/t7-,8?,9?/m1/s1. The molecule has 1 saturated carbocycles. The monoisotopic (exact) mass is 178 g/mol. The summed E-state index contributed by atoms with van der Waals surface area (Å²) in [6.45, 7) is 8.16. The van der Waals surface area contributed by atoms with Gasteiger partial charge in [0.25, 0.3) is 0 Å². The van der Waals surface area contributed by atoms with E-state index in [-0.39, 0.29) is 0 Å². The van der Waals surface area contributed by atoms with Crippen molar-refractivity contribution in [2.75, 3.05) is 0 Å². The average molecular weight is 178 g/mol. The summed E-state index contributed by atoms with van der Waals surface area (Å²) in [5, 5.41) is 8.86. The van der Waals surface area contributed by atoms with Crippen LogP contribution in [-0.4, -0.2) is 0 Å². The second-order valence-corrected chi connectivity index (χ2v) is 4.65. The fourth-order valence-corrected chi connectivity index (χ4v) is 1.48. The number of hydrogen-bond donors (Lipinski definition) is 1. The average Bonchev–Trinajstić information content (AvgIpc) is 2.62. The highest BCUT2D eigenvalue weighted by Gasteiger charge is 2.41. The Morgan fingerprint density at radius 2 is 1.85 bits per heavy atom. The van der Waals surface area contributed by atoms with Gasteiger partial charge in [0.1, 0.15) is 0 Å². The third-order valence-electron chi connectivity index (χ3n) is 3.28. The molecule has 0 radical (unpaired) electrons. The van der Waals surface area contributed by atoms with Gasteiger partial charge in [-0.2, -0.15) is 5.26 Å². The molecule has 0 aliphatic heterocycles. The van der Waals surface area contributed by atoms with Crippen molar-refractivity contribution in [2.24, 2.45) is 28.9 Å². The number of allylic oxidation sites excluding steroid dienone is 2.